The Morgan fingerprint density at radius 1 is 1.57 bits per heavy atom. The second-order valence-electron chi connectivity index (χ2n) is 2.17. The zero-order valence-corrected chi connectivity index (χ0v) is 4.98. The summed E-state index contributed by atoms with van der Waals surface area (Å²) in [6.07, 6.45) is 3.70. The van der Waals surface area contributed by atoms with Gasteiger partial charge in [0.15, 0.2) is 0 Å². The van der Waals surface area contributed by atoms with Crippen LogP contribution in [0.4, 0.5) is 0 Å². The third-order valence-corrected chi connectivity index (χ3v) is 1.41. The Bertz CT molecular complexity index is 61.2. The average molecular weight is 100 g/mol. The molecule has 0 bridgehead atoms. The van der Waals surface area contributed by atoms with E-state index < -0.39 is 0 Å². The molecule has 2 atom stereocenters. The SMILES string of the molecule is CCC[C@H]1OC1C. The lowest BCUT2D eigenvalue weighted by molar-refractivity contribution is 0.369. The third-order valence-electron chi connectivity index (χ3n) is 1.41. The van der Waals surface area contributed by atoms with Crippen molar-refractivity contribution in [1.29, 1.82) is 0 Å². The molecular formula is C6H12O. The van der Waals surface area contributed by atoms with E-state index in [-0.39, 0.29) is 0 Å². The predicted octanol–water partition coefficient (Wildman–Crippen LogP) is 1.57. The third kappa shape index (κ3) is 1.16. The highest BCUT2D eigenvalue weighted by molar-refractivity contribution is 4.78. The Hall–Kier alpha value is -0.0400. The monoisotopic (exact) mass is 100 g/mol. The Morgan fingerprint density at radius 3 is 2.29 bits per heavy atom. The van der Waals surface area contributed by atoms with Gasteiger partial charge in [0, 0.05) is 0 Å². The highest BCUT2D eigenvalue weighted by Gasteiger charge is 2.32. The van der Waals surface area contributed by atoms with E-state index in [1.165, 1.54) is 12.8 Å². The molecule has 1 aliphatic rings. The minimum absolute atomic E-state index is 0.569. The molecule has 0 saturated carbocycles. The highest BCUT2D eigenvalue weighted by Crippen LogP contribution is 2.24. The van der Waals surface area contributed by atoms with E-state index in [9.17, 15) is 0 Å². The van der Waals surface area contributed by atoms with Crippen molar-refractivity contribution in [2.75, 3.05) is 0 Å². The Kier molecular flexibility index (Phi) is 1.33. The van der Waals surface area contributed by atoms with Crippen molar-refractivity contribution in [3.8, 4) is 0 Å². The van der Waals surface area contributed by atoms with Crippen molar-refractivity contribution >= 4 is 0 Å². The molecule has 7 heavy (non-hydrogen) atoms. The van der Waals surface area contributed by atoms with Gasteiger partial charge in [-0.25, -0.2) is 0 Å². The average Bonchev–Trinajstić information content (AvgIpc) is 2.22. The summed E-state index contributed by atoms with van der Waals surface area (Å²) in [7, 11) is 0. The maximum Gasteiger partial charge on any atom is 0.0838 e. The van der Waals surface area contributed by atoms with Gasteiger partial charge in [0.05, 0.1) is 12.2 Å². The van der Waals surface area contributed by atoms with Gasteiger partial charge in [0.2, 0.25) is 0 Å². The van der Waals surface area contributed by atoms with E-state index in [2.05, 4.69) is 13.8 Å². The van der Waals surface area contributed by atoms with Crippen molar-refractivity contribution in [3.63, 3.8) is 0 Å². The molecule has 1 heteroatoms. The van der Waals surface area contributed by atoms with Gasteiger partial charge >= 0.3 is 0 Å². The fourth-order valence-electron chi connectivity index (χ4n) is 0.818. The smallest absolute Gasteiger partial charge is 0.0838 e. The number of ether oxygens (including phenoxy) is 1. The number of epoxide rings is 1. The van der Waals surface area contributed by atoms with Crippen LogP contribution in [0, 0.1) is 0 Å². The molecular weight excluding hydrogens is 88.1 g/mol. The van der Waals surface area contributed by atoms with Crippen LogP contribution in [0.25, 0.3) is 0 Å². The second-order valence-corrected chi connectivity index (χ2v) is 2.17. The summed E-state index contributed by atoms with van der Waals surface area (Å²) in [5.74, 6) is 0. The fourth-order valence-corrected chi connectivity index (χ4v) is 0.818. The van der Waals surface area contributed by atoms with Crippen LogP contribution >= 0.6 is 0 Å². The van der Waals surface area contributed by atoms with Crippen molar-refractivity contribution < 1.29 is 4.74 Å². The van der Waals surface area contributed by atoms with E-state index in [1.54, 1.807) is 0 Å². The van der Waals surface area contributed by atoms with Crippen LogP contribution in [0.15, 0.2) is 0 Å². The molecule has 0 N–H and O–H groups in total. The van der Waals surface area contributed by atoms with E-state index in [1.807, 2.05) is 0 Å². The molecule has 42 valence electrons. The predicted molar refractivity (Wildman–Crippen MR) is 29.2 cm³/mol. The maximum atomic E-state index is 5.16. The first-order valence-electron chi connectivity index (χ1n) is 3.00. The second kappa shape index (κ2) is 1.83. The summed E-state index contributed by atoms with van der Waals surface area (Å²) in [6, 6.07) is 0. The molecule has 1 fully saturated rings. The molecule has 1 unspecified atom stereocenters. The first-order chi connectivity index (χ1) is 3.34. The van der Waals surface area contributed by atoms with Crippen LogP contribution in [0.1, 0.15) is 26.7 Å². The zero-order valence-electron chi connectivity index (χ0n) is 4.98. The first kappa shape index (κ1) is 5.10. The Morgan fingerprint density at radius 2 is 2.14 bits per heavy atom. The summed E-state index contributed by atoms with van der Waals surface area (Å²) in [5.41, 5.74) is 0. The lowest BCUT2D eigenvalue weighted by Gasteiger charge is -1.81. The zero-order chi connectivity index (χ0) is 5.28. The number of hydrogen-bond donors (Lipinski definition) is 0. The Balaban J connectivity index is 1.98. The summed E-state index contributed by atoms with van der Waals surface area (Å²) < 4.78 is 5.16. The molecule has 1 aliphatic heterocycles. The van der Waals surface area contributed by atoms with Crippen LogP contribution < -0.4 is 0 Å². The van der Waals surface area contributed by atoms with E-state index in [0.717, 1.165) is 0 Å². The molecule has 0 aromatic rings. The van der Waals surface area contributed by atoms with Crippen molar-refractivity contribution in [3.05, 3.63) is 0 Å². The van der Waals surface area contributed by atoms with Gasteiger partial charge < -0.3 is 4.74 Å². The molecule has 0 aromatic carbocycles. The largest absolute Gasteiger partial charge is 0.370 e. The highest BCUT2D eigenvalue weighted by atomic mass is 16.6. The molecule has 1 rings (SSSR count). The molecule has 0 spiro atoms. The molecule has 1 heterocycles. The standard InChI is InChI=1S/C6H12O/c1-3-4-6-5(2)7-6/h5-6H,3-4H2,1-2H3/t5?,6-/m1/s1. The Labute approximate surface area is 44.7 Å². The topological polar surface area (TPSA) is 12.5 Å². The van der Waals surface area contributed by atoms with Gasteiger partial charge in [-0.2, -0.15) is 0 Å². The van der Waals surface area contributed by atoms with Gasteiger partial charge in [-0.05, 0) is 13.3 Å². The van der Waals surface area contributed by atoms with Crippen molar-refractivity contribution in [2.45, 2.75) is 38.9 Å². The summed E-state index contributed by atoms with van der Waals surface area (Å²) in [6.45, 7) is 4.31. The van der Waals surface area contributed by atoms with E-state index in [4.69, 9.17) is 4.74 Å². The normalized spacial score (nSPS) is 38.6. The first-order valence-corrected chi connectivity index (χ1v) is 3.00. The van der Waals surface area contributed by atoms with Crippen molar-refractivity contribution in [1.82, 2.24) is 0 Å². The molecule has 0 aromatic heterocycles. The van der Waals surface area contributed by atoms with Crippen molar-refractivity contribution in [2.24, 2.45) is 0 Å². The lowest BCUT2D eigenvalue weighted by atomic mass is 10.2. The quantitative estimate of drug-likeness (QED) is 0.480. The van der Waals surface area contributed by atoms with Crippen LogP contribution in [0.5, 0.6) is 0 Å². The van der Waals surface area contributed by atoms with Gasteiger partial charge in [0.1, 0.15) is 0 Å². The summed E-state index contributed by atoms with van der Waals surface area (Å²) in [5, 5.41) is 0. The van der Waals surface area contributed by atoms with Gasteiger partial charge in [-0.15, -0.1) is 0 Å². The van der Waals surface area contributed by atoms with Crippen LogP contribution in [-0.4, -0.2) is 12.2 Å². The summed E-state index contributed by atoms with van der Waals surface area (Å²) >= 11 is 0. The van der Waals surface area contributed by atoms with Crippen LogP contribution in [0.3, 0.4) is 0 Å². The number of hydrogen-bond acceptors (Lipinski definition) is 1. The number of rotatable bonds is 2. The lowest BCUT2D eigenvalue weighted by Crippen LogP contribution is -1.85. The maximum absolute atomic E-state index is 5.16. The van der Waals surface area contributed by atoms with E-state index in [0.29, 0.717) is 12.2 Å². The van der Waals surface area contributed by atoms with E-state index >= 15 is 0 Å². The van der Waals surface area contributed by atoms with Gasteiger partial charge in [-0.3, -0.25) is 0 Å². The van der Waals surface area contributed by atoms with Gasteiger partial charge in [-0.1, -0.05) is 13.3 Å². The molecule has 0 radical (unpaired) electrons. The molecule has 1 saturated heterocycles. The molecule has 1 nitrogen and oxygen atoms in total. The minimum atomic E-state index is 0.569. The molecule has 0 amide bonds. The molecule has 0 aliphatic carbocycles. The van der Waals surface area contributed by atoms with Crippen LogP contribution in [0.2, 0.25) is 0 Å². The fraction of sp³-hybridized carbons (Fsp3) is 1.00. The van der Waals surface area contributed by atoms with Crippen LogP contribution in [-0.2, 0) is 4.74 Å². The van der Waals surface area contributed by atoms with Gasteiger partial charge in [0.25, 0.3) is 0 Å². The minimum Gasteiger partial charge on any atom is -0.370 e. The summed E-state index contributed by atoms with van der Waals surface area (Å²) in [4.78, 5) is 0.